The number of nitrogens with zero attached hydrogens (tertiary/aromatic N) is 2. The highest BCUT2D eigenvalue weighted by Crippen LogP contribution is 2.43. The molecule has 0 bridgehead atoms. The number of fused-ring (bicyclic) bond motifs is 1. The van der Waals surface area contributed by atoms with E-state index in [0.717, 1.165) is 16.7 Å². The summed E-state index contributed by atoms with van der Waals surface area (Å²) in [6, 6.07) is 25.0. The molecule has 196 valence electrons. The van der Waals surface area contributed by atoms with Crippen LogP contribution in [-0.4, -0.2) is 22.8 Å². The molecule has 1 atom stereocenters. The Kier molecular flexibility index (Phi) is 7.10. The maximum atomic E-state index is 14.2. The number of rotatable bonds is 7. The number of aromatic nitrogens is 1. The first-order chi connectivity index (χ1) is 18.8. The summed E-state index contributed by atoms with van der Waals surface area (Å²) in [6.45, 7) is 4.18. The summed E-state index contributed by atoms with van der Waals surface area (Å²) in [7, 11) is 0. The van der Waals surface area contributed by atoms with Gasteiger partial charge in [0, 0.05) is 29.3 Å². The summed E-state index contributed by atoms with van der Waals surface area (Å²) in [5, 5.41) is 8.57. The lowest BCUT2D eigenvalue weighted by atomic mass is 9.87. The molecular weight excluding hydrogens is 490 g/mol. The molecule has 0 saturated carbocycles. The fourth-order valence-electron chi connectivity index (χ4n) is 4.76. The van der Waals surface area contributed by atoms with Gasteiger partial charge in [0.2, 0.25) is 5.91 Å². The summed E-state index contributed by atoms with van der Waals surface area (Å²) >= 11 is 0. The van der Waals surface area contributed by atoms with E-state index in [1.165, 1.54) is 0 Å². The van der Waals surface area contributed by atoms with Gasteiger partial charge in [-0.3, -0.25) is 14.6 Å². The van der Waals surface area contributed by atoms with E-state index in [0.29, 0.717) is 22.6 Å². The van der Waals surface area contributed by atoms with E-state index in [2.05, 4.69) is 20.9 Å². The minimum absolute atomic E-state index is 0.265. The highest BCUT2D eigenvalue weighted by molar-refractivity contribution is 6.12. The summed E-state index contributed by atoms with van der Waals surface area (Å²) in [5.41, 5.74) is 3.74. The van der Waals surface area contributed by atoms with E-state index in [9.17, 15) is 14.4 Å². The number of para-hydroxylation sites is 1. The lowest BCUT2D eigenvalue weighted by molar-refractivity contribution is -0.128. The Hall–Kier alpha value is -4.98. The van der Waals surface area contributed by atoms with Crippen LogP contribution in [0.4, 0.5) is 21.9 Å². The number of anilines is 3. The average Bonchev–Trinajstić information content (AvgIpc) is 3.14. The molecule has 1 aromatic heterocycles. The molecule has 1 aliphatic rings. The summed E-state index contributed by atoms with van der Waals surface area (Å²) in [4.78, 5) is 46.6. The van der Waals surface area contributed by atoms with Crippen LogP contribution in [0, 0.1) is 13.8 Å². The minimum atomic E-state index is -1.62. The van der Waals surface area contributed by atoms with Gasteiger partial charge in [-0.05, 0) is 61.9 Å². The molecule has 5 rings (SSSR count). The Bertz CT molecular complexity index is 1440. The molecule has 3 N–H and O–H groups in total. The number of urea groups is 1. The fraction of sp³-hybridized carbons (Fsp3) is 0.161. The van der Waals surface area contributed by atoms with Crippen molar-refractivity contribution in [2.45, 2.75) is 32.4 Å². The topological polar surface area (TPSA) is 103 Å². The molecule has 39 heavy (non-hydrogen) atoms. The molecule has 1 unspecified atom stereocenters. The Labute approximate surface area is 227 Å². The zero-order valence-corrected chi connectivity index (χ0v) is 21.8. The van der Waals surface area contributed by atoms with Crippen molar-refractivity contribution < 1.29 is 14.4 Å². The van der Waals surface area contributed by atoms with Gasteiger partial charge in [0.05, 0.1) is 18.7 Å². The van der Waals surface area contributed by atoms with Crippen molar-refractivity contribution in [1.82, 2.24) is 10.3 Å². The molecule has 0 radical (unpaired) electrons. The number of hydrogen-bond acceptors (Lipinski definition) is 4. The SMILES string of the molecule is Cc1ccc(NC(=O)CC2(NC(=O)Nc3ccc(C)cc3)C(=O)N(Cc3ccncc3)c3ccccc32)cc1. The van der Waals surface area contributed by atoms with Crippen LogP contribution in [0.2, 0.25) is 0 Å². The Morgan fingerprint density at radius 2 is 1.38 bits per heavy atom. The largest absolute Gasteiger partial charge is 0.326 e. The Balaban J connectivity index is 1.49. The lowest BCUT2D eigenvalue weighted by Crippen LogP contribution is -2.55. The van der Waals surface area contributed by atoms with Crippen LogP contribution in [-0.2, 0) is 21.7 Å². The number of benzene rings is 3. The normalized spacial score (nSPS) is 15.9. The number of nitrogens with one attached hydrogen (secondary N) is 3. The third-order valence-corrected chi connectivity index (χ3v) is 6.75. The predicted octanol–water partition coefficient (Wildman–Crippen LogP) is 5.29. The van der Waals surface area contributed by atoms with Gasteiger partial charge >= 0.3 is 6.03 Å². The lowest BCUT2D eigenvalue weighted by Gasteiger charge is -2.30. The van der Waals surface area contributed by atoms with Crippen molar-refractivity contribution >= 4 is 34.9 Å². The van der Waals surface area contributed by atoms with E-state index in [1.54, 1.807) is 53.7 Å². The van der Waals surface area contributed by atoms with E-state index in [1.807, 2.05) is 62.4 Å². The molecule has 0 aliphatic carbocycles. The molecule has 3 aromatic carbocycles. The quantitative estimate of drug-likeness (QED) is 0.309. The van der Waals surface area contributed by atoms with Gasteiger partial charge in [0.15, 0.2) is 5.54 Å². The zero-order chi connectivity index (χ0) is 27.4. The fourth-order valence-corrected chi connectivity index (χ4v) is 4.76. The number of amides is 4. The predicted molar refractivity (Wildman–Crippen MR) is 151 cm³/mol. The number of pyridine rings is 1. The number of aryl methyl sites for hydroxylation is 2. The van der Waals surface area contributed by atoms with Crippen LogP contribution >= 0.6 is 0 Å². The molecule has 4 amide bonds. The maximum absolute atomic E-state index is 14.2. The molecule has 8 heteroatoms. The van der Waals surface area contributed by atoms with Crippen LogP contribution in [0.1, 0.15) is 28.7 Å². The Morgan fingerprint density at radius 1 is 0.795 bits per heavy atom. The monoisotopic (exact) mass is 519 g/mol. The van der Waals surface area contributed by atoms with Gasteiger partial charge in [0.1, 0.15) is 0 Å². The van der Waals surface area contributed by atoms with Crippen LogP contribution in [0.25, 0.3) is 0 Å². The van der Waals surface area contributed by atoms with Gasteiger partial charge in [-0.15, -0.1) is 0 Å². The number of carbonyl (C=O) groups excluding carboxylic acids is 3. The van der Waals surface area contributed by atoms with Crippen LogP contribution in [0.5, 0.6) is 0 Å². The second-order valence-corrected chi connectivity index (χ2v) is 9.71. The highest BCUT2D eigenvalue weighted by Gasteiger charge is 2.53. The van der Waals surface area contributed by atoms with Crippen LogP contribution < -0.4 is 20.9 Å². The molecule has 1 aliphatic heterocycles. The molecular formula is C31H29N5O3. The first-order valence-electron chi connectivity index (χ1n) is 12.7. The molecule has 0 spiro atoms. The average molecular weight is 520 g/mol. The maximum Gasteiger partial charge on any atom is 0.320 e. The van der Waals surface area contributed by atoms with Gasteiger partial charge in [0.25, 0.3) is 5.91 Å². The van der Waals surface area contributed by atoms with E-state index in [4.69, 9.17) is 0 Å². The van der Waals surface area contributed by atoms with Gasteiger partial charge in [-0.1, -0.05) is 53.6 Å². The van der Waals surface area contributed by atoms with Gasteiger partial charge in [-0.25, -0.2) is 4.79 Å². The third kappa shape index (κ3) is 5.50. The molecule has 4 aromatic rings. The third-order valence-electron chi connectivity index (χ3n) is 6.75. The van der Waals surface area contributed by atoms with Gasteiger partial charge < -0.3 is 20.9 Å². The van der Waals surface area contributed by atoms with Crippen molar-refractivity contribution in [3.63, 3.8) is 0 Å². The van der Waals surface area contributed by atoms with E-state index in [-0.39, 0.29) is 13.0 Å². The summed E-state index contributed by atoms with van der Waals surface area (Å²) in [6.07, 6.45) is 3.04. The summed E-state index contributed by atoms with van der Waals surface area (Å²) in [5.74, 6) is -0.790. The van der Waals surface area contributed by atoms with Crippen molar-refractivity contribution in [2.24, 2.45) is 0 Å². The van der Waals surface area contributed by atoms with Crippen LogP contribution in [0.15, 0.2) is 97.3 Å². The van der Waals surface area contributed by atoms with E-state index < -0.39 is 23.4 Å². The molecule has 0 fully saturated rings. The van der Waals surface area contributed by atoms with Crippen molar-refractivity contribution in [3.8, 4) is 0 Å². The number of carbonyl (C=O) groups is 3. The number of hydrogen-bond donors (Lipinski definition) is 3. The van der Waals surface area contributed by atoms with Crippen molar-refractivity contribution in [1.29, 1.82) is 0 Å². The standard InChI is InChI=1S/C31H29N5O3/c1-21-7-11-24(12-8-21)33-28(37)19-31(35-30(39)34-25-13-9-22(2)10-14-25)26-5-3-4-6-27(26)36(29(31)38)20-23-15-17-32-18-16-23/h3-18H,19-20H2,1-2H3,(H,33,37)(H2,34,35,39). The Morgan fingerprint density at radius 3 is 2.03 bits per heavy atom. The second kappa shape index (κ2) is 10.8. The highest BCUT2D eigenvalue weighted by atomic mass is 16.2. The minimum Gasteiger partial charge on any atom is -0.326 e. The first-order valence-corrected chi connectivity index (χ1v) is 12.7. The first kappa shape index (κ1) is 25.7. The molecule has 0 saturated heterocycles. The zero-order valence-electron chi connectivity index (χ0n) is 21.8. The van der Waals surface area contributed by atoms with Crippen molar-refractivity contribution in [3.05, 3.63) is 120 Å². The van der Waals surface area contributed by atoms with Crippen LogP contribution in [0.3, 0.4) is 0 Å². The molecule has 2 heterocycles. The second-order valence-electron chi connectivity index (χ2n) is 9.71. The van der Waals surface area contributed by atoms with E-state index >= 15 is 0 Å². The smallest absolute Gasteiger partial charge is 0.320 e. The summed E-state index contributed by atoms with van der Waals surface area (Å²) < 4.78 is 0. The van der Waals surface area contributed by atoms with Gasteiger partial charge in [-0.2, -0.15) is 0 Å². The van der Waals surface area contributed by atoms with Crippen molar-refractivity contribution in [2.75, 3.05) is 15.5 Å². The molecule has 8 nitrogen and oxygen atoms in total.